The predicted molar refractivity (Wildman–Crippen MR) is 95.6 cm³/mol. The van der Waals surface area contributed by atoms with Crippen molar-refractivity contribution < 1.29 is 4.79 Å². The number of halogens is 1. The molecule has 5 nitrogen and oxygen atoms in total. The number of aromatic nitrogens is 2. The van der Waals surface area contributed by atoms with Crippen LogP contribution in [0.4, 0.5) is 5.95 Å². The number of hydrogen-bond acceptors (Lipinski definition) is 4. The molecule has 0 aliphatic carbocycles. The van der Waals surface area contributed by atoms with Crippen molar-refractivity contribution in [1.29, 1.82) is 0 Å². The molecule has 0 radical (unpaired) electrons. The second-order valence-corrected chi connectivity index (χ2v) is 6.46. The largest absolute Gasteiger partial charge is 0.354 e. The van der Waals surface area contributed by atoms with Gasteiger partial charge in [0.2, 0.25) is 5.95 Å². The molecule has 126 valence electrons. The zero-order valence-electron chi connectivity index (χ0n) is 13.8. The quantitative estimate of drug-likeness (QED) is 0.903. The van der Waals surface area contributed by atoms with E-state index in [4.69, 9.17) is 11.6 Å². The number of nitrogens with zero attached hydrogens (tertiary/aromatic N) is 3. The molecular weight excluding hydrogens is 324 g/mol. The fraction of sp³-hybridized carbons (Fsp3) is 0.389. The van der Waals surface area contributed by atoms with Gasteiger partial charge >= 0.3 is 0 Å². The Balaban J connectivity index is 1.64. The lowest BCUT2D eigenvalue weighted by Gasteiger charge is -2.15. The van der Waals surface area contributed by atoms with Crippen molar-refractivity contribution in [2.24, 2.45) is 0 Å². The maximum absolute atomic E-state index is 12.5. The number of nitrogens with one attached hydrogen (secondary N) is 1. The van der Waals surface area contributed by atoms with Crippen LogP contribution in [0.1, 0.15) is 34.6 Å². The van der Waals surface area contributed by atoms with Crippen LogP contribution in [0.2, 0.25) is 5.02 Å². The number of amides is 1. The Kier molecular flexibility index (Phi) is 5.30. The van der Waals surface area contributed by atoms with Crippen LogP contribution in [0.3, 0.4) is 0 Å². The van der Waals surface area contributed by atoms with Gasteiger partial charge in [0.15, 0.2) is 0 Å². The van der Waals surface area contributed by atoms with Gasteiger partial charge in [-0.2, -0.15) is 0 Å². The van der Waals surface area contributed by atoms with E-state index < -0.39 is 0 Å². The van der Waals surface area contributed by atoms with Crippen LogP contribution >= 0.6 is 11.6 Å². The van der Waals surface area contributed by atoms with E-state index in [1.54, 1.807) is 6.07 Å². The summed E-state index contributed by atoms with van der Waals surface area (Å²) in [4.78, 5) is 23.1. The molecule has 3 rings (SSSR count). The molecule has 1 aromatic carbocycles. The van der Waals surface area contributed by atoms with E-state index in [9.17, 15) is 4.79 Å². The Labute approximate surface area is 147 Å². The number of carbonyl (C=O) groups is 1. The summed E-state index contributed by atoms with van der Waals surface area (Å²) in [6.45, 7) is 4.20. The molecule has 1 aromatic heterocycles. The number of carbonyl (C=O) groups excluding carboxylic acids is 1. The maximum Gasteiger partial charge on any atom is 0.272 e. The first kappa shape index (κ1) is 16.7. The molecule has 1 N–H and O–H groups in total. The predicted octanol–water partition coefficient (Wildman–Crippen LogP) is 3.33. The summed E-state index contributed by atoms with van der Waals surface area (Å²) in [7, 11) is 0. The molecular formula is C18H21ClN4O. The molecule has 0 bridgehead atoms. The minimum Gasteiger partial charge on any atom is -0.354 e. The zero-order valence-corrected chi connectivity index (χ0v) is 14.5. The van der Waals surface area contributed by atoms with E-state index in [1.807, 2.05) is 36.1 Å². The highest BCUT2D eigenvalue weighted by Crippen LogP contribution is 2.14. The number of anilines is 1. The fourth-order valence-corrected chi connectivity index (χ4v) is 3.06. The number of likely N-dealkylation sites (tertiary alicyclic amines) is 1. The second kappa shape index (κ2) is 7.62. The average Bonchev–Trinajstić information content (AvgIpc) is 3.08. The van der Waals surface area contributed by atoms with E-state index in [2.05, 4.69) is 15.3 Å². The van der Waals surface area contributed by atoms with Gasteiger partial charge in [-0.1, -0.05) is 23.7 Å². The molecule has 1 saturated heterocycles. The molecule has 1 amide bonds. The van der Waals surface area contributed by atoms with Crippen LogP contribution in [0.25, 0.3) is 0 Å². The molecule has 1 aliphatic heterocycles. The molecule has 0 spiro atoms. The highest BCUT2D eigenvalue weighted by Gasteiger charge is 2.21. The van der Waals surface area contributed by atoms with Gasteiger partial charge in [0.25, 0.3) is 5.91 Å². The summed E-state index contributed by atoms with van der Waals surface area (Å²) in [5, 5.41) is 3.94. The van der Waals surface area contributed by atoms with Crippen molar-refractivity contribution >= 4 is 23.5 Å². The third kappa shape index (κ3) is 4.23. The maximum atomic E-state index is 12.5. The summed E-state index contributed by atoms with van der Waals surface area (Å²) in [5.41, 5.74) is 2.41. The summed E-state index contributed by atoms with van der Waals surface area (Å²) in [5.74, 6) is 0.496. The second-order valence-electron chi connectivity index (χ2n) is 6.02. The Bertz CT molecular complexity index is 729. The highest BCUT2D eigenvalue weighted by atomic mass is 35.5. The van der Waals surface area contributed by atoms with Gasteiger partial charge in [-0.05, 0) is 49.9 Å². The van der Waals surface area contributed by atoms with Crippen LogP contribution in [-0.4, -0.2) is 40.4 Å². The Morgan fingerprint density at radius 1 is 1.25 bits per heavy atom. The van der Waals surface area contributed by atoms with Crippen molar-refractivity contribution in [2.45, 2.75) is 26.2 Å². The van der Waals surface area contributed by atoms with Crippen molar-refractivity contribution in [3.05, 3.63) is 52.3 Å². The van der Waals surface area contributed by atoms with Crippen LogP contribution in [0.5, 0.6) is 0 Å². The first-order chi connectivity index (χ1) is 11.6. The zero-order chi connectivity index (χ0) is 16.9. The lowest BCUT2D eigenvalue weighted by Crippen LogP contribution is -2.28. The summed E-state index contributed by atoms with van der Waals surface area (Å²) >= 11 is 5.99. The van der Waals surface area contributed by atoms with Crippen LogP contribution < -0.4 is 5.32 Å². The molecule has 2 aromatic rings. The Morgan fingerprint density at radius 3 is 2.79 bits per heavy atom. The highest BCUT2D eigenvalue weighted by molar-refractivity contribution is 6.30. The molecule has 24 heavy (non-hydrogen) atoms. The molecule has 2 heterocycles. The number of aryl methyl sites for hydroxylation is 1. The normalized spacial score (nSPS) is 14.0. The molecule has 0 atom stereocenters. The van der Waals surface area contributed by atoms with Crippen molar-refractivity contribution in [3.63, 3.8) is 0 Å². The van der Waals surface area contributed by atoms with Crippen LogP contribution in [0, 0.1) is 6.92 Å². The Morgan fingerprint density at radius 2 is 2.04 bits per heavy atom. The van der Waals surface area contributed by atoms with Gasteiger partial charge in [0.1, 0.15) is 5.69 Å². The molecule has 1 fully saturated rings. The van der Waals surface area contributed by atoms with E-state index in [0.29, 0.717) is 18.2 Å². The third-order valence-electron chi connectivity index (χ3n) is 4.05. The summed E-state index contributed by atoms with van der Waals surface area (Å²) in [6.07, 6.45) is 2.95. The van der Waals surface area contributed by atoms with E-state index in [0.717, 1.165) is 48.6 Å². The van der Waals surface area contributed by atoms with Gasteiger partial charge in [0.05, 0.1) is 0 Å². The lowest BCUT2D eigenvalue weighted by molar-refractivity contribution is 0.0787. The topological polar surface area (TPSA) is 58.1 Å². The van der Waals surface area contributed by atoms with Gasteiger partial charge in [-0.3, -0.25) is 4.79 Å². The standard InChI is InChI=1S/C18H21ClN4O/c1-13-11-16(17(24)23-9-2-3-10-23)22-18(21-13)20-8-7-14-5-4-6-15(19)12-14/h4-6,11-12H,2-3,7-10H2,1H3,(H,20,21,22). The van der Waals surface area contributed by atoms with Crippen molar-refractivity contribution in [1.82, 2.24) is 14.9 Å². The third-order valence-corrected chi connectivity index (χ3v) is 4.29. The first-order valence-corrected chi connectivity index (χ1v) is 8.63. The molecule has 0 saturated carbocycles. The number of hydrogen-bond donors (Lipinski definition) is 1. The van der Waals surface area contributed by atoms with Gasteiger partial charge in [0, 0.05) is 30.4 Å². The molecule has 6 heteroatoms. The van der Waals surface area contributed by atoms with E-state index >= 15 is 0 Å². The van der Waals surface area contributed by atoms with Crippen molar-refractivity contribution in [2.75, 3.05) is 25.0 Å². The van der Waals surface area contributed by atoms with Crippen LogP contribution in [0.15, 0.2) is 30.3 Å². The minimum atomic E-state index is -0.00380. The molecule has 1 aliphatic rings. The van der Waals surface area contributed by atoms with Crippen LogP contribution in [-0.2, 0) is 6.42 Å². The van der Waals surface area contributed by atoms with E-state index in [1.165, 1.54) is 0 Å². The van der Waals surface area contributed by atoms with Gasteiger partial charge in [-0.25, -0.2) is 9.97 Å². The summed E-state index contributed by atoms with van der Waals surface area (Å²) < 4.78 is 0. The Hall–Kier alpha value is -2.14. The fourth-order valence-electron chi connectivity index (χ4n) is 2.85. The first-order valence-electron chi connectivity index (χ1n) is 8.25. The monoisotopic (exact) mass is 344 g/mol. The SMILES string of the molecule is Cc1cc(C(=O)N2CCCC2)nc(NCCc2cccc(Cl)c2)n1. The molecule has 0 unspecified atom stereocenters. The van der Waals surface area contributed by atoms with Crippen molar-refractivity contribution in [3.8, 4) is 0 Å². The average molecular weight is 345 g/mol. The summed E-state index contributed by atoms with van der Waals surface area (Å²) in [6, 6.07) is 9.53. The lowest BCUT2D eigenvalue weighted by atomic mass is 10.1. The van der Waals surface area contributed by atoms with Gasteiger partial charge in [-0.15, -0.1) is 0 Å². The van der Waals surface area contributed by atoms with E-state index in [-0.39, 0.29) is 5.91 Å². The number of benzene rings is 1. The smallest absolute Gasteiger partial charge is 0.272 e. The minimum absolute atomic E-state index is 0.00380. The number of rotatable bonds is 5. The van der Waals surface area contributed by atoms with Gasteiger partial charge < -0.3 is 10.2 Å².